The van der Waals surface area contributed by atoms with Crippen molar-refractivity contribution < 1.29 is 4.42 Å². The molecule has 0 N–H and O–H groups in total. The number of nitrogens with zero attached hydrogens (tertiary/aromatic N) is 2. The third kappa shape index (κ3) is 6.08. The van der Waals surface area contributed by atoms with Gasteiger partial charge in [0.05, 0.1) is 22.1 Å². The van der Waals surface area contributed by atoms with Gasteiger partial charge in [-0.25, -0.2) is 0 Å². The van der Waals surface area contributed by atoms with E-state index in [2.05, 4.69) is 264 Å². The normalized spacial score (nSPS) is 12.7. The van der Waals surface area contributed by atoms with Crippen molar-refractivity contribution in [3.63, 3.8) is 0 Å². The van der Waals surface area contributed by atoms with Gasteiger partial charge in [0.2, 0.25) is 0 Å². The standard InChI is InChI=1S/C67H44N2O/c1-3-17-49(18-4-1)67(50-19-5-2-6-20-50)59-27-11-7-26-57(59)66-60(67)28-16-31-63(66)68(52-21-15-22-53(44-52)69-61-29-12-8-23-54(61)55-24-9-13-30-62(55)69)51-40-37-46(38-41-51)45-33-35-47(36-34-45)48-39-42-65-58(43-48)56-25-10-14-32-64(56)70-65/h1-44H. The third-order valence-corrected chi connectivity index (χ3v) is 14.7. The van der Waals surface area contributed by atoms with Crippen LogP contribution >= 0.6 is 0 Å². The zero-order chi connectivity index (χ0) is 46.2. The molecule has 0 saturated heterocycles. The number of rotatable bonds is 8. The van der Waals surface area contributed by atoms with Crippen molar-refractivity contribution in [1.82, 2.24) is 4.57 Å². The molecular weight excluding hydrogens is 849 g/mol. The first-order chi connectivity index (χ1) is 34.7. The fraction of sp³-hybridized carbons (Fsp3) is 0.0149. The number of hydrogen-bond donors (Lipinski definition) is 0. The molecule has 0 saturated carbocycles. The molecule has 0 radical (unpaired) electrons. The summed E-state index contributed by atoms with van der Waals surface area (Å²) in [6, 6.07) is 97.4. The van der Waals surface area contributed by atoms with Crippen LogP contribution in [0.4, 0.5) is 17.1 Å². The predicted octanol–water partition coefficient (Wildman–Crippen LogP) is 17.8. The average molecular weight is 893 g/mol. The van der Waals surface area contributed by atoms with Crippen LogP contribution in [0.3, 0.4) is 0 Å². The number of fused-ring (bicyclic) bond motifs is 9. The maximum absolute atomic E-state index is 6.14. The van der Waals surface area contributed by atoms with E-state index in [0.29, 0.717) is 0 Å². The molecule has 0 spiro atoms. The highest BCUT2D eigenvalue weighted by Crippen LogP contribution is 2.59. The quantitative estimate of drug-likeness (QED) is 0.152. The summed E-state index contributed by atoms with van der Waals surface area (Å²) in [7, 11) is 0. The van der Waals surface area contributed by atoms with Gasteiger partial charge in [0.25, 0.3) is 0 Å². The largest absolute Gasteiger partial charge is 0.456 e. The molecule has 0 amide bonds. The second kappa shape index (κ2) is 16.0. The van der Waals surface area contributed by atoms with Crippen LogP contribution in [0.15, 0.2) is 271 Å². The van der Waals surface area contributed by atoms with Crippen molar-refractivity contribution in [2.75, 3.05) is 4.90 Å². The summed E-state index contributed by atoms with van der Waals surface area (Å²) in [5, 5.41) is 4.76. The fourth-order valence-corrected chi connectivity index (χ4v) is 11.6. The summed E-state index contributed by atoms with van der Waals surface area (Å²) in [6.45, 7) is 0. The van der Waals surface area contributed by atoms with E-state index in [4.69, 9.17) is 4.42 Å². The van der Waals surface area contributed by atoms with Gasteiger partial charge in [-0.2, -0.15) is 0 Å². The van der Waals surface area contributed by atoms with Crippen molar-refractivity contribution >= 4 is 60.8 Å². The van der Waals surface area contributed by atoms with Gasteiger partial charge in [0, 0.05) is 44.2 Å². The first kappa shape index (κ1) is 39.9. The molecule has 11 aromatic carbocycles. The Morgan fingerprint density at radius 3 is 1.57 bits per heavy atom. The van der Waals surface area contributed by atoms with E-state index >= 15 is 0 Å². The Hall–Kier alpha value is -9.18. The molecular formula is C67H44N2O. The molecule has 0 bridgehead atoms. The van der Waals surface area contributed by atoms with Gasteiger partial charge < -0.3 is 13.9 Å². The second-order valence-corrected chi connectivity index (χ2v) is 18.4. The number of furan rings is 1. The first-order valence-corrected chi connectivity index (χ1v) is 24.1. The van der Waals surface area contributed by atoms with Gasteiger partial charge >= 0.3 is 0 Å². The van der Waals surface area contributed by atoms with Crippen molar-refractivity contribution in [3.8, 4) is 39.1 Å². The molecule has 3 heteroatoms. The van der Waals surface area contributed by atoms with Gasteiger partial charge in [0.15, 0.2) is 0 Å². The van der Waals surface area contributed by atoms with E-state index in [1.54, 1.807) is 0 Å². The van der Waals surface area contributed by atoms with Crippen molar-refractivity contribution in [3.05, 3.63) is 289 Å². The number of aromatic nitrogens is 1. The van der Waals surface area contributed by atoms with Crippen molar-refractivity contribution in [2.45, 2.75) is 5.41 Å². The summed E-state index contributed by atoms with van der Waals surface area (Å²) in [4.78, 5) is 2.47. The molecule has 0 fully saturated rings. The predicted molar refractivity (Wildman–Crippen MR) is 291 cm³/mol. The van der Waals surface area contributed by atoms with Crippen LogP contribution in [-0.4, -0.2) is 4.57 Å². The number of hydrogen-bond acceptors (Lipinski definition) is 2. The van der Waals surface area contributed by atoms with Gasteiger partial charge in [-0.3, -0.25) is 0 Å². The van der Waals surface area contributed by atoms with Crippen LogP contribution in [0.2, 0.25) is 0 Å². The summed E-state index contributed by atoms with van der Waals surface area (Å²) in [5.74, 6) is 0. The Balaban J connectivity index is 0.936. The van der Waals surface area contributed by atoms with Gasteiger partial charge in [0.1, 0.15) is 11.2 Å². The Morgan fingerprint density at radius 1 is 0.343 bits per heavy atom. The molecule has 3 nitrogen and oxygen atoms in total. The van der Waals surface area contributed by atoms with E-state index < -0.39 is 5.41 Å². The number of benzene rings is 11. The minimum Gasteiger partial charge on any atom is -0.456 e. The molecule has 14 rings (SSSR count). The molecule has 1 aliphatic rings. The van der Waals surface area contributed by atoms with E-state index in [-0.39, 0.29) is 0 Å². The highest BCUT2D eigenvalue weighted by molar-refractivity contribution is 6.09. The zero-order valence-corrected chi connectivity index (χ0v) is 38.2. The van der Waals surface area contributed by atoms with Gasteiger partial charge in [-0.05, 0) is 117 Å². The van der Waals surface area contributed by atoms with Gasteiger partial charge in [-0.1, -0.05) is 200 Å². The highest BCUT2D eigenvalue weighted by Gasteiger charge is 2.47. The van der Waals surface area contributed by atoms with Crippen LogP contribution < -0.4 is 4.90 Å². The molecule has 0 atom stereocenters. The Bertz CT molecular complexity index is 4020. The van der Waals surface area contributed by atoms with E-state index in [0.717, 1.165) is 55.8 Å². The summed E-state index contributed by atoms with van der Waals surface area (Å²) in [5.41, 5.74) is 20.2. The Morgan fingerprint density at radius 2 is 0.871 bits per heavy atom. The minimum atomic E-state index is -0.533. The molecule has 70 heavy (non-hydrogen) atoms. The molecule has 0 aliphatic heterocycles. The van der Waals surface area contributed by atoms with Crippen molar-refractivity contribution in [1.29, 1.82) is 0 Å². The lowest BCUT2D eigenvalue weighted by molar-refractivity contribution is 0.669. The second-order valence-electron chi connectivity index (χ2n) is 18.4. The summed E-state index contributed by atoms with van der Waals surface area (Å²) >= 11 is 0. The lowest BCUT2D eigenvalue weighted by Crippen LogP contribution is -2.28. The molecule has 328 valence electrons. The highest BCUT2D eigenvalue weighted by atomic mass is 16.3. The van der Waals surface area contributed by atoms with Gasteiger partial charge in [-0.15, -0.1) is 0 Å². The lowest BCUT2D eigenvalue weighted by Gasteiger charge is -2.34. The lowest BCUT2D eigenvalue weighted by atomic mass is 9.68. The molecule has 13 aromatic rings. The number of para-hydroxylation sites is 3. The van der Waals surface area contributed by atoms with Crippen LogP contribution in [0.1, 0.15) is 22.3 Å². The smallest absolute Gasteiger partial charge is 0.135 e. The maximum atomic E-state index is 6.14. The minimum absolute atomic E-state index is 0.533. The number of anilines is 3. The Kier molecular flexibility index (Phi) is 9.11. The van der Waals surface area contributed by atoms with E-state index in [1.807, 2.05) is 12.1 Å². The van der Waals surface area contributed by atoms with Crippen LogP contribution in [0.25, 0.3) is 82.8 Å². The van der Waals surface area contributed by atoms with Crippen molar-refractivity contribution in [2.24, 2.45) is 0 Å². The molecule has 0 unspecified atom stereocenters. The molecule has 2 aromatic heterocycles. The van der Waals surface area contributed by atoms with Crippen LogP contribution in [0.5, 0.6) is 0 Å². The first-order valence-electron chi connectivity index (χ1n) is 24.1. The third-order valence-electron chi connectivity index (χ3n) is 14.7. The van der Waals surface area contributed by atoms with Crippen LogP contribution in [0, 0.1) is 0 Å². The monoisotopic (exact) mass is 892 g/mol. The van der Waals surface area contributed by atoms with E-state index in [9.17, 15) is 0 Å². The fourth-order valence-electron chi connectivity index (χ4n) is 11.6. The van der Waals surface area contributed by atoms with Crippen LogP contribution in [-0.2, 0) is 5.41 Å². The average Bonchev–Trinajstić information content (AvgIpc) is 4.08. The van der Waals surface area contributed by atoms with E-state index in [1.165, 1.54) is 66.3 Å². The summed E-state index contributed by atoms with van der Waals surface area (Å²) < 4.78 is 8.55. The molecule has 1 aliphatic carbocycles. The summed E-state index contributed by atoms with van der Waals surface area (Å²) in [6.07, 6.45) is 0. The topological polar surface area (TPSA) is 21.3 Å². The zero-order valence-electron chi connectivity index (χ0n) is 38.2. The molecule has 2 heterocycles. The Labute approximate surface area is 406 Å². The maximum Gasteiger partial charge on any atom is 0.135 e. The SMILES string of the molecule is c1ccc(C2(c3ccccc3)c3ccccc3-c3c(N(c4ccc(-c5ccc(-c6ccc7oc8ccccc8c7c6)cc5)cc4)c4cccc(-n5c6ccccc6c6ccccc65)c4)cccc32)cc1.